The quantitative estimate of drug-likeness (QED) is 0.258. The van der Waals surface area contributed by atoms with Crippen molar-refractivity contribution < 1.29 is 14.1 Å². The highest BCUT2D eigenvalue weighted by molar-refractivity contribution is 7.98. The van der Waals surface area contributed by atoms with Crippen LogP contribution in [0, 0.1) is 6.92 Å². The smallest absolute Gasteiger partial charge is 0.132 e. The Morgan fingerprint density at radius 1 is 1.15 bits per heavy atom. The van der Waals surface area contributed by atoms with Crippen molar-refractivity contribution in [3.63, 3.8) is 0 Å². The summed E-state index contributed by atoms with van der Waals surface area (Å²) in [7, 11) is 2.10. The van der Waals surface area contributed by atoms with Crippen molar-refractivity contribution in [3.05, 3.63) is 47.5 Å². The maximum absolute atomic E-state index is 6.19. The third kappa shape index (κ3) is 6.19. The molecule has 5 nitrogen and oxygen atoms in total. The topological polar surface area (TPSA) is 57.0 Å². The molecule has 142 valence electrons. The first-order valence-corrected chi connectivity index (χ1v) is 10.4. The Hall–Kier alpha value is -1.22. The van der Waals surface area contributed by atoms with Gasteiger partial charge < -0.3 is 9.64 Å². The summed E-state index contributed by atoms with van der Waals surface area (Å²) in [5.74, 6) is 6.60. The Kier molecular flexibility index (Phi) is 8.77. The van der Waals surface area contributed by atoms with Crippen molar-refractivity contribution in [1.82, 2.24) is 4.90 Å². The van der Waals surface area contributed by atoms with E-state index in [1.165, 1.54) is 10.5 Å². The maximum Gasteiger partial charge on any atom is 0.132 e. The zero-order valence-electron chi connectivity index (χ0n) is 15.7. The number of aryl methyl sites for hydroxylation is 1. The van der Waals surface area contributed by atoms with Crippen LogP contribution in [0.15, 0.2) is 46.2 Å². The minimum absolute atomic E-state index is 0.781. The van der Waals surface area contributed by atoms with Crippen LogP contribution in [-0.2, 0) is 15.9 Å². The van der Waals surface area contributed by atoms with Crippen LogP contribution in [0.1, 0.15) is 24.5 Å². The van der Waals surface area contributed by atoms with Gasteiger partial charge in [0.05, 0.1) is 12.0 Å². The number of nitrogens with two attached hydrogens (primary N) is 1. The number of hydrogen-bond acceptors (Lipinski definition) is 7. The van der Waals surface area contributed by atoms with Crippen LogP contribution in [0.2, 0.25) is 0 Å². The highest BCUT2D eigenvalue weighted by Crippen LogP contribution is 2.32. The average Bonchev–Trinajstić information content (AvgIpc) is 2.62. The summed E-state index contributed by atoms with van der Waals surface area (Å²) in [5.41, 5.74) is 2.29. The molecule has 0 amide bonds. The largest absolute Gasteiger partial charge is 0.457 e. The van der Waals surface area contributed by atoms with Gasteiger partial charge in [0, 0.05) is 21.9 Å². The summed E-state index contributed by atoms with van der Waals surface area (Å²) < 4.78 is 11.0. The number of benzene rings is 2. The van der Waals surface area contributed by atoms with E-state index < -0.39 is 0 Å². The third-order valence-electron chi connectivity index (χ3n) is 3.84. The summed E-state index contributed by atoms with van der Waals surface area (Å²) in [6, 6.07) is 12.1. The van der Waals surface area contributed by atoms with Crippen molar-refractivity contribution in [1.29, 1.82) is 0 Å². The van der Waals surface area contributed by atoms with Crippen molar-refractivity contribution in [2.24, 2.45) is 5.90 Å². The molecule has 0 atom stereocenters. The van der Waals surface area contributed by atoms with Gasteiger partial charge in [-0.3, -0.25) is 0 Å². The first-order chi connectivity index (χ1) is 12.6. The van der Waals surface area contributed by atoms with Crippen molar-refractivity contribution in [3.8, 4) is 11.5 Å². The first kappa shape index (κ1) is 21.1. The Balaban J connectivity index is 2.25. The number of rotatable bonds is 10. The lowest BCUT2D eigenvalue weighted by atomic mass is 10.1. The van der Waals surface area contributed by atoms with Gasteiger partial charge in [-0.2, -0.15) is 5.90 Å². The lowest BCUT2D eigenvalue weighted by molar-refractivity contribution is -0.195. The molecular formula is C19H26N2O3S2. The molecule has 0 bridgehead atoms. The molecule has 0 fully saturated rings. The second-order valence-electron chi connectivity index (χ2n) is 5.99. The van der Waals surface area contributed by atoms with Gasteiger partial charge in [0.1, 0.15) is 11.5 Å². The van der Waals surface area contributed by atoms with E-state index in [0.717, 1.165) is 53.5 Å². The zero-order valence-corrected chi connectivity index (χ0v) is 17.3. The molecule has 0 aromatic heterocycles. The van der Waals surface area contributed by atoms with E-state index >= 15 is 0 Å². The number of nitrogens with zero attached hydrogens (tertiary/aromatic N) is 1. The highest BCUT2D eigenvalue weighted by atomic mass is 32.2. The Bertz CT molecular complexity index is 713. The summed E-state index contributed by atoms with van der Waals surface area (Å²) in [6.45, 7) is 6.06. The Morgan fingerprint density at radius 2 is 1.96 bits per heavy atom. The molecule has 26 heavy (non-hydrogen) atoms. The van der Waals surface area contributed by atoms with Gasteiger partial charge in [-0.25, -0.2) is 0 Å². The van der Waals surface area contributed by atoms with Crippen LogP contribution in [0.5, 0.6) is 11.5 Å². The van der Waals surface area contributed by atoms with E-state index in [1.54, 1.807) is 11.8 Å². The predicted molar refractivity (Wildman–Crippen MR) is 108 cm³/mol. The molecule has 7 heteroatoms. The SMILES string of the molecule is CCCN(C)Cc1cc(SOON)ccc1Oc1ccc(SC)c(C)c1. The molecule has 0 spiro atoms. The molecule has 2 aromatic carbocycles. The van der Waals surface area contributed by atoms with E-state index in [1.807, 2.05) is 24.3 Å². The Morgan fingerprint density at radius 3 is 2.62 bits per heavy atom. The molecule has 0 saturated heterocycles. The predicted octanol–water partition coefficient (Wildman–Crippen LogP) is 5.18. The minimum atomic E-state index is 0.781. The molecule has 0 radical (unpaired) electrons. The number of ether oxygens (including phenoxy) is 1. The fourth-order valence-electron chi connectivity index (χ4n) is 2.68. The van der Waals surface area contributed by atoms with Crippen LogP contribution in [0.3, 0.4) is 0 Å². The van der Waals surface area contributed by atoms with Gasteiger partial charge >= 0.3 is 0 Å². The van der Waals surface area contributed by atoms with E-state index in [9.17, 15) is 0 Å². The molecular weight excluding hydrogens is 368 g/mol. The normalized spacial score (nSPS) is 11.2. The summed E-state index contributed by atoms with van der Waals surface area (Å²) in [4.78, 5) is 8.60. The molecule has 2 N–H and O–H groups in total. The van der Waals surface area contributed by atoms with Crippen LogP contribution in [-0.4, -0.2) is 24.7 Å². The van der Waals surface area contributed by atoms with Gasteiger partial charge in [-0.05, 0) is 75.2 Å². The van der Waals surface area contributed by atoms with Gasteiger partial charge in [-0.15, -0.1) is 21.1 Å². The summed E-state index contributed by atoms with van der Waals surface area (Å²) >= 11 is 2.81. The van der Waals surface area contributed by atoms with Gasteiger partial charge in [0.2, 0.25) is 0 Å². The highest BCUT2D eigenvalue weighted by Gasteiger charge is 2.11. The molecule has 0 aliphatic rings. The molecule has 0 aliphatic heterocycles. The molecule has 0 unspecified atom stereocenters. The molecule has 2 aromatic rings. The first-order valence-electron chi connectivity index (χ1n) is 8.41. The van der Waals surface area contributed by atoms with Crippen molar-refractivity contribution >= 4 is 23.8 Å². The summed E-state index contributed by atoms with van der Waals surface area (Å²) in [5, 5.41) is 0. The fourth-order valence-corrected chi connectivity index (χ4v) is 3.70. The monoisotopic (exact) mass is 394 g/mol. The number of thioether (sulfide) groups is 1. The van der Waals surface area contributed by atoms with Gasteiger partial charge in [0.15, 0.2) is 0 Å². The van der Waals surface area contributed by atoms with Crippen LogP contribution in [0.25, 0.3) is 0 Å². The standard InChI is InChI=1S/C19H26N2O3S2/c1-5-10-21(3)13-15-12-17(26-24-23-20)7-8-18(15)22-16-6-9-19(25-4)14(2)11-16/h6-9,11-12H,5,10,13,20H2,1-4H3. The third-order valence-corrected chi connectivity index (χ3v) is 5.33. The lowest BCUT2D eigenvalue weighted by Crippen LogP contribution is -2.18. The van der Waals surface area contributed by atoms with Crippen LogP contribution < -0.4 is 10.6 Å². The second kappa shape index (κ2) is 10.8. The van der Waals surface area contributed by atoms with Gasteiger partial charge in [0.25, 0.3) is 0 Å². The van der Waals surface area contributed by atoms with E-state index in [0.29, 0.717) is 0 Å². The van der Waals surface area contributed by atoms with Crippen molar-refractivity contribution in [2.45, 2.75) is 36.6 Å². The fraction of sp³-hybridized carbons (Fsp3) is 0.368. The van der Waals surface area contributed by atoms with Crippen LogP contribution >= 0.6 is 23.8 Å². The molecule has 0 aliphatic carbocycles. The second-order valence-corrected chi connectivity index (χ2v) is 7.61. The minimum Gasteiger partial charge on any atom is -0.457 e. The Labute approximate surface area is 164 Å². The van der Waals surface area contributed by atoms with E-state index in [4.69, 9.17) is 15.0 Å². The summed E-state index contributed by atoms with van der Waals surface area (Å²) in [6.07, 6.45) is 3.18. The maximum atomic E-state index is 6.19. The zero-order chi connectivity index (χ0) is 18.9. The van der Waals surface area contributed by atoms with E-state index in [2.05, 4.69) is 49.2 Å². The van der Waals surface area contributed by atoms with E-state index in [-0.39, 0.29) is 0 Å². The lowest BCUT2D eigenvalue weighted by Gasteiger charge is -2.19. The molecule has 0 heterocycles. The molecule has 0 saturated carbocycles. The number of hydrogen-bond donors (Lipinski definition) is 1. The average molecular weight is 395 g/mol. The van der Waals surface area contributed by atoms with Crippen molar-refractivity contribution in [2.75, 3.05) is 19.8 Å². The van der Waals surface area contributed by atoms with Crippen LogP contribution in [0.4, 0.5) is 0 Å². The molecule has 2 rings (SSSR count). The van der Waals surface area contributed by atoms with Gasteiger partial charge in [-0.1, -0.05) is 6.92 Å².